The van der Waals surface area contributed by atoms with E-state index in [9.17, 15) is 0 Å². The maximum absolute atomic E-state index is 6.20. The largest absolute Gasteiger partial charge is 0.474 e. The summed E-state index contributed by atoms with van der Waals surface area (Å²) in [6.07, 6.45) is 9.03. The molecule has 1 aromatic rings. The van der Waals surface area contributed by atoms with Crippen LogP contribution in [0.4, 0.5) is 5.82 Å². The first-order chi connectivity index (χ1) is 9.78. The second kappa shape index (κ2) is 5.98. The van der Waals surface area contributed by atoms with E-state index in [1.165, 1.54) is 44.9 Å². The fourth-order valence-electron chi connectivity index (χ4n) is 2.83. The van der Waals surface area contributed by atoms with Gasteiger partial charge in [0.05, 0.1) is 5.56 Å². The molecule has 2 aliphatic rings. The van der Waals surface area contributed by atoms with Crippen molar-refractivity contribution in [1.82, 2.24) is 9.97 Å². The Morgan fingerprint density at radius 2 is 1.85 bits per heavy atom. The van der Waals surface area contributed by atoms with Gasteiger partial charge in [0, 0.05) is 12.5 Å². The third-order valence-corrected chi connectivity index (χ3v) is 4.24. The summed E-state index contributed by atoms with van der Waals surface area (Å²) in [6, 6.07) is 0. The van der Waals surface area contributed by atoms with Crippen LogP contribution in [-0.2, 0) is 0 Å². The maximum atomic E-state index is 6.20. The van der Waals surface area contributed by atoms with Crippen molar-refractivity contribution in [3.63, 3.8) is 0 Å². The average Bonchev–Trinajstić information content (AvgIpc) is 3.29. The first-order valence-corrected chi connectivity index (χ1v) is 8.07. The molecule has 0 saturated heterocycles. The molecule has 3 rings (SSSR count). The topological polar surface area (TPSA) is 47.0 Å². The van der Waals surface area contributed by atoms with Gasteiger partial charge in [0.2, 0.25) is 5.88 Å². The summed E-state index contributed by atoms with van der Waals surface area (Å²) >= 11 is 0. The minimum atomic E-state index is 0.346. The number of rotatable bonds is 5. The summed E-state index contributed by atoms with van der Waals surface area (Å²) in [5, 5.41) is 3.35. The van der Waals surface area contributed by atoms with Gasteiger partial charge in [-0.25, -0.2) is 4.98 Å². The fraction of sp³-hybridized carbons (Fsp3) is 0.750. The molecular formula is C16H25N3O. The Labute approximate surface area is 121 Å². The zero-order chi connectivity index (χ0) is 13.9. The van der Waals surface area contributed by atoms with Crippen molar-refractivity contribution in [1.29, 1.82) is 0 Å². The number of aromatic nitrogens is 2. The van der Waals surface area contributed by atoms with E-state index in [0.29, 0.717) is 12.0 Å². The predicted molar refractivity (Wildman–Crippen MR) is 80.4 cm³/mol. The van der Waals surface area contributed by atoms with E-state index in [2.05, 4.69) is 24.1 Å². The van der Waals surface area contributed by atoms with E-state index in [1.54, 1.807) is 0 Å². The molecule has 0 radical (unpaired) electrons. The lowest BCUT2D eigenvalue weighted by Crippen LogP contribution is -2.21. The van der Waals surface area contributed by atoms with Crippen LogP contribution in [0.15, 0.2) is 0 Å². The molecule has 1 heterocycles. The van der Waals surface area contributed by atoms with Crippen molar-refractivity contribution in [2.75, 3.05) is 11.9 Å². The SMILES string of the molecule is CCNc1nc(C2CC2)nc(OC2CCCCC2)c1C. The highest BCUT2D eigenvalue weighted by Gasteiger charge is 2.29. The number of ether oxygens (including phenoxy) is 1. The average molecular weight is 275 g/mol. The monoisotopic (exact) mass is 275 g/mol. The zero-order valence-electron chi connectivity index (χ0n) is 12.6. The number of hydrogen-bond donors (Lipinski definition) is 1. The molecule has 20 heavy (non-hydrogen) atoms. The van der Waals surface area contributed by atoms with Gasteiger partial charge in [-0.1, -0.05) is 6.42 Å². The molecule has 2 aliphatic carbocycles. The first kappa shape index (κ1) is 13.7. The summed E-state index contributed by atoms with van der Waals surface area (Å²) in [7, 11) is 0. The van der Waals surface area contributed by atoms with E-state index in [4.69, 9.17) is 9.72 Å². The molecule has 0 amide bonds. The van der Waals surface area contributed by atoms with Crippen LogP contribution in [0.1, 0.15) is 69.2 Å². The van der Waals surface area contributed by atoms with Crippen LogP contribution in [0, 0.1) is 6.92 Å². The van der Waals surface area contributed by atoms with Gasteiger partial charge in [-0.05, 0) is 52.4 Å². The molecule has 0 unspecified atom stereocenters. The normalized spacial score (nSPS) is 19.9. The van der Waals surface area contributed by atoms with Crippen molar-refractivity contribution in [3.8, 4) is 5.88 Å². The Morgan fingerprint density at radius 1 is 1.10 bits per heavy atom. The van der Waals surface area contributed by atoms with E-state index in [-0.39, 0.29) is 0 Å². The number of hydrogen-bond acceptors (Lipinski definition) is 4. The molecule has 0 atom stereocenters. The minimum Gasteiger partial charge on any atom is -0.474 e. The number of nitrogens with zero attached hydrogens (tertiary/aromatic N) is 2. The fourth-order valence-corrected chi connectivity index (χ4v) is 2.83. The van der Waals surface area contributed by atoms with Gasteiger partial charge in [-0.3, -0.25) is 0 Å². The Morgan fingerprint density at radius 3 is 2.50 bits per heavy atom. The number of anilines is 1. The molecule has 110 valence electrons. The Hall–Kier alpha value is -1.32. The van der Waals surface area contributed by atoms with Gasteiger partial charge in [-0.15, -0.1) is 0 Å². The van der Waals surface area contributed by atoms with Crippen molar-refractivity contribution in [3.05, 3.63) is 11.4 Å². The van der Waals surface area contributed by atoms with E-state index >= 15 is 0 Å². The van der Waals surface area contributed by atoms with Gasteiger partial charge in [0.15, 0.2) is 0 Å². The highest BCUT2D eigenvalue weighted by atomic mass is 16.5. The summed E-state index contributed by atoms with van der Waals surface area (Å²) in [4.78, 5) is 9.37. The first-order valence-electron chi connectivity index (χ1n) is 8.07. The molecular weight excluding hydrogens is 250 g/mol. The van der Waals surface area contributed by atoms with Gasteiger partial charge < -0.3 is 10.1 Å². The highest BCUT2D eigenvalue weighted by Crippen LogP contribution is 2.40. The van der Waals surface area contributed by atoms with Crippen molar-refractivity contribution < 1.29 is 4.74 Å². The maximum Gasteiger partial charge on any atom is 0.222 e. The standard InChI is InChI=1S/C16H25N3O/c1-3-17-14-11(2)16(19-15(18-14)12-9-10-12)20-13-7-5-4-6-8-13/h12-13H,3-10H2,1-2H3,(H,17,18,19). The number of nitrogens with one attached hydrogen (secondary N) is 1. The molecule has 0 aliphatic heterocycles. The van der Waals surface area contributed by atoms with Crippen molar-refractivity contribution >= 4 is 5.82 Å². The van der Waals surface area contributed by atoms with Crippen LogP contribution in [-0.4, -0.2) is 22.6 Å². The molecule has 0 spiro atoms. The lowest BCUT2D eigenvalue weighted by molar-refractivity contribution is 0.147. The summed E-state index contributed by atoms with van der Waals surface area (Å²) in [6.45, 7) is 5.04. The van der Waals surface area contributed by atoms with Crippen molar-refractivity contribution in [2.24, 2.45) is 0 Å². The Kier molecular flexibility index (Phi) is 4.08. The molecule has 0 aromatic carbocycles. The molecule has 2 saturated carbocycles. The molecule has 2 fully saturated rings. The van der Waals surface area contributed by atoms with E-state index < -0.39 is 0 Å². The molecule has 0 bridgehead atoms. The van der Waals surface area contributed by atoms with Crippen LogP contribution < -0.4 is 10.1 Å². The van der Waals surface area contributed by atoms with Crippen LogP contribution >= 0.6 is 0 Å². The molecule has 1 N–H and O–H groups in total. The minimum absolute atomic E-state index is 0.346. The van der Waals surface area contributed by atoms with Crippen LogP contribution in [0.25, 0.3) is 0 Å². The Bertz CT molecular complexity index is 465. The second-order valence-corrected chi connectivity index (χ2v) is 6.04. The zero-order valence-corrected chi connectivity index (χ0v) is 12.6. The van der Waals surface area contributed by atoms with E-state index in [0.717, 1.165) is 29.6 Å². The van der Waals surface area contributed by atoms with Crippen LogP contribution in [0.5, 0.6) is 5.88 Å². The second-order valence-electron chi connectivity index (χ2n) is 6.04. The molecule has 4 heteroatoms. The predicted octanol–water partition coefficient (Wildman–Crippen LogP) is 3.81. The highest BCUT2D eigenvalue weighted by molar-refractivity contribution is 5.49. The van der Waals surface area contributed by atoms with Gasteiger partial charge in [0.25, 0.3) is 0 Å². The van der Waals surface area contributed by atoms with Crippen LogP contribution in [0.2, 0.25) is 0 Å². The van der Waals surface area contributed by atoms with Gasteiger partial charge >= 0.3 is 0 Å². The summed E-state index contributed by atoms with van der Waals surface area (Å²) < 4.78 is 6.20. The smallest absolute Gasteiger partial charge is 0.222 e. The lowest BCUT2D eigenvalue weighted by Gasteiger charge is -2.24. The van der Waals surface area contributed by atoms with Crippen molar-refractivity contribution in [2.45, 2.75) is 70.8 Å². The third kappa shape index (κ3) is 3.05. The third-order valence-electron chi connectivity index (χ3n) is 4.24. The van der Waals surface area contributed by atoms with Crippen LogP contribution in [0.3, 0.4) is 0 Å². The quantitative estimate of drug-likeness (QED) is 0.887. The van der Waals surface area contributed by atoms with E-state index in [1.807, 2.05) is 0 Å². The summed E-state index contributed by atoms with van der Waals surface area (Å²) in [5.41, 5.74) is 1.06. The summed E-state index contributed by atoms with van der Waals surface area (Å²) in [5.74, 6) is 3.29. The van der Waals surface area contributed by atoms with Gasteiger partial charge in [0.1, 0.15) is 17.7 Å². The molecule has 1 aromatic heterocycles. The van der Waals surface area contributed by atoms with Gasteiger partial charge in [-0.2, -0.15) is 4.98 Å². The lowest BCUT2D eigenvalue weighted by atomic mass is 9.98. The molecule has 4 nitrogen and oxygen atoms in total. The Balaban J connectivity index is 1.82.